The molecule has 0 aliphatic rings. The van der Waals surface area contributed by atoms with Crippen LogP contribution in [0.2, 0.25) is 0 Å². The topological polar surface area (TPSA) is 86.0 Å². The van der Waals surface area contributed by atoms with Crippen LogP contribution in [0.3, 0.4) is 0 Å². The Kier molecular flexibility index (Phi) is 5.59. The van der Waals surface area contributed by atoms with Crippen molar-refractivity contribution in [1.82, 2.24) is 4.98 Å². The van der Waals surface area contributed by atoms with Crippen molar-refractivity contribution < 1.29 is 9.90 Å². The van der Waals surface area contributed by atoms with Gasteiger partial charge in [0, 0.05) is 10.7 Å². The summed E-state index contributed by atoms with van der Waals surface area (Å²) in [7, 11) is 0. The molecule has 6 heteroatoms. The van der Waals surface area contributed by atoms with E-state index >= 15 is 0 Å². The van der Waals surface area contributed by atoms with Crippen LogP contribution < -0.4 is 5.32 Å². The minimum Gasteiger partial charge on any atom is -0.480 e. The van der Waals surface area contributed by atoms with Gasteiger partial charge in [0.05, 0.1) is 5.56 Å². The Labute approximate surface area is 114 Å². The first kappa shape index (κ1) is 14.5. The largest absolute Gasteiger partial charge is 0.480 e. The zero-order valence-electron chi connectivity index (χ0n) is 9.98. The van der Waals surface area contributed by atoms with Gasteiger partial charge in [-0.25, -0.2) is 9.78 Å². The summed E-state index contributed by atoms with van der Waals surface area (Å²) in [4.78, 5) is 15.1. The summed E-state index contributed by atoms with van der Waals surface area (Å²) in [5, 5.41) is 20.9. The normalized spacial score (nSPS) is 11.6. The minimum atomic E-state index is -0.933. The van der Waals surface area contributed by atoms with Crippen LogP contribution in [0.5, 0.6) is 0 Å². The number of aromatic nitrogens is 1. The van der Waals surface area contributed by atoms with Crippen molar-refractivity contribution >= 4 is 27.7 Å². The van der Waals surface area contributed by atoms with Gasteiger partial charge in [0.15, 0.2) is 0 Å². The number of carbonyl (C=O) groups is 1. The van der Waals surface area contributed by atoms with Crippen molar-refractivity contribution in [2.45, 2.75) is 32.2 Å². The summed E-state index contributed by atoms with van der Waals surface area (Å²) in [5.41, 5.74) is 0.326. The van der Waals surface area contributed by atoms with Crippen LogP contribution in [-0.2, 0) is 4.79 Å². The quantitative estimate of drug-likeness (QED) is 0.843. The molecule has 0 aliphatic carbocycles. The Hall–Kier alpha value is -1.61. The summed E-state index contributed by atoms with van der Waals surface area (Å²) in [6, 6.07) is 2.88. The zero-order valence-corrected chi connectivity index (χ0v) is 11.6. The van der Waals surface area contributed by atoms with Crippen LogP contribution in [0.4, 0.5) is 5.82 Å². The summed E-state index contributed by atoms with van der Waals surface area (Å²) < 4.78 is 0.685. The van der Waals surface area contributed by atoms with E-state index in [-0.39, 0.29) is 0 Å². The highest BCUT2D eigenvalue weighted by atomic mass is 79.9. The lowest BCUT2D eigenvalue weighted by Gasteiger charge is -2.15. The molecular weight excluding hydrogens is 298 g/mol. The van der Waals surface area contributed by atoms with Crippen LogP contribution in [0.1, 0.15) is 31.7 Å². The predicted molar refractivity (Wildman–Crippen MR) is 71.2 cm³/mol. The number of nitrogens with zero attached hydrogens (tertiary/aromatic N) is 2. The number of rotatable bonds is 6. The molecule has 96 valence electrons. The second kappa shape index (κ2) is 6.97. The summed E-state index contributed by atoms with van der Waals surface area (Å²) in [6.45, 7) is 2.00. The lowest BCUT2D eigenvalue weighted by atomic mass is 10.1. The number of hydrogen-bond donors (Lipinski definition) is 2. The highest BCUT2D eigenvalue weighted by molar-refractivity contribution is 9.10. The SMILES string of the molecule is CCCC[C@H](Nc1ncc(Br)cc1C#N)C(=O)O. The van der Waals surface area contributed by atoms with Gasteiger partial charge < -0.3 is 10.4 Å². The maximum absolute atomic E-state index is 11.1. The molecule has 2 N–H and O–H groups in total. The van der Waals surface area contributed by atoms with Gasteiger partial charge in [-0.1, -0.05) is 19.8 Å². The van der Waals surface area contributed by atoms with E-state index in [0.29, 0.717) is 22.3 Å². The number of halogens is 1. The maximum Gasteiger partial charge on any atom is 0.326 e. The van der Waals surface area contributed by atoms with Gasteiger partial charge in [0.2, 0.25) is 0 Å². The number of unbranched alkanes of at least 4 members (excludes halogenated alkanes) is 1. The first-order valence-electron chi connectivity index (χ1n) is 5.63. The van der Waals surface area contributed by atoms with Gasteiger partial charge in [-0.3, -0.25) is 0 Å². The number of anilines is 1. The van der Waals surface area contributed by atoms with Crippen LogP contribution >= 0.6 is 15.9 Å². The fourth-order valence-corrected chi connectivity index (χ4v) is 1.80. The van der Waals surface area contributed by atoms with Crippen molar-refractivity contribution in [2.24, 2.45) is 0 Å². The highest BCUT2D eigenvalue weighted by Gasteiger charge is 2.18. The summed E-state index contributed by atoms with van der Waals surface area (Å²) in [6.07, 6.45) is 3.77. The molecule has 0 amide bonds. The molecule has 0 saturated carbocycles. The second-order valence-corrected chi connectivity index (χ2v) is 4.75. The monoisotopic (exact) mass is 311 g/mol. The third kappa shape index (κ3) is 4.00. The Morgan fingerprint density at radius 3 is 3.00 bits per heavy atom. The molecule has 1 rings (SSSR count). The molecule has 1 heterocycles. The van der Waals surface area contributed by atoms with E-state index in [2.05, 4.69) is 26.2 Å². The van der Waals surface area contributed by atoms with Crippen molar-refractivity contribution in [3.8, 4) is 6.07 Å². The number of hydrogen-bond acceptors (Lipinski definition) is 4. The molecule has 18 heavy (non-hydrogen) atoms. The maximum atomic E-state index is 11.1. The lowest BCUT2D eigenvalue weighted by Crippen LogP contribution is -2.29. The Bertz CT molecular complexity index is 471. The second-order valence-electron chi connectivity index (χ2n) is 3.84. The van der Waals surface area contributed by atoms with Crippen LogP contribution in [0.25, 0.3) is 0 Å². The smallest absolute Gasteiger partial charge is 0.326 e. The molecule has 1 aromatic heterocycles. The molecule has 1 aromatic rings. The van der Waals surface area contributed by atoms with Crippen LogP contribution in [0.15, 0.2) is 16.7 Å². The molecule has 0 aliphatic heterocycles. The minimum absolute atomic E-state index is 0.309. The number of nitrogens with one attached hydrogen (secondary N) is 1. The molecule has 0 fully saturated rings. The van der Waals surface area contributed by atoms with Crippen molar-refractivity contribution in [3.05, 3.63) is 22.3 Å². The number of carboxylic acids is 1. The van der Waals surface area contributed by atoms with Gasteiger partial charge >= 0.3 is 5.97 Å². The number of aliphatic carboxylic acids is 1. The van der Waals surface area contributed by atoms with E-state index in [1.807, 2.05) is 13.0 Å². The third-order valence-corrected chi connectivity index (χ3v) is 2.86. The molecule has 5 nitrogen and oxygen atoms in total. The van der Waals surface area contributed by atoms with Gasteiger partial charge in [-0.2, -0.15) is 5.26 Å². The molecule has 0 radical (unpaired) electrons. The van der Waals surface area contributed by atoms with Crippen molar-refractivity contribution in [3.63, 3.8) is 0 Å². The molecule has 0 saturated heterocycles. The van der Waals surface area contributed by atoms with Gasteiger partial charge in [-0.15, -0.1) is 0 Å². The summed E-state index contributed by atoms with van der Waals surface area (Å²) in [5.74, 6) is -0.624. The average Bonchev–Trinajstić information content (AvgIpc) is 2.35. The number of carboxylic acid groups (broad SMARTS) is 1. The van der Waals surface area contributed by atoms with Crippen molar-refractivity contribution in [2.75, 3.05) is 5.32 Å². The number of nitriles is 1. The summed E-state index contributed by atoms with van der Waals surface area (Å²) >= 11 is 3.22. The van der Waals surface area contributed by atoms with E-state index in [9.17, 15) is 4.79 Å². The Morgan fingerprint density at radius 2 is 2.44 bits per heavy atom. The van der Waals surface area contributed by atoms with Crippen LogP contribution in [0, 0.1) is 11.3 Å². The standard InChI is InChI=1S/C12H14BrN3O2/c1-2-3-4-10(12(17)18)16-11-8(6-14)5-9(13)7-15-11/h5,7,10H,2-4H2,1H3,(H,15,16)(H,17,18)/t10-/m0/s1. The Morgan fingerprint density at radius 1 is 1.72 bits per heavy atom. The van der Waals surface area contributed by atoms with E-state index < -0.39 is 12.0 Å². The molecular formula is C12H14BrN3O2. The number of pyridine rings is 1. The van der Waals surface area contributed by atoms with Gasteiger partial charge in [-0.05, 0) is 28.4 Å². The fraction of sp³-hybridized carbons (Fsp3) is 0.417. The molecule has 0 aromatic carbocycles. The van der Waals surface area contributed by atoms with E-state index in [1.54, 1.807) is 6.07 Å². The van der Waals surface area contributed by atoms with Crippen LogP contribution in [-0.4, -0.2) is 22.1 Å². The van der Waals surface area contributed by atoms with E-state index in [1.165, 1.54) is 6.20 Å². The van der Waals surface area contributed by atoms with E-state index in [0.717, 1.165) is 12.8 Å². The first-order chi connectivity index (χ1) is 8.58. The lowest BCUT2D eigenvalue weighted by molar-refractivity contribution is -0.138. The molecule has 0 spiro atoms. The van der Waals surface area contributed by atoms with E-state index in [4.69, 9.17) is 10.4 Å². The first-order valence-corrected chi connectivity index (χ1v) is 6.42. The fourth-order valence-electron chi connectivity index (χ4n) is 1.47. The zero-order chi connectivity index (χ0) is 13.5. The molecule has 0 unspecified atom stereocenters. The Balaban J connectivity index is 2.87. The highest BCUT2D eigenvalue weighted by Crippen LogP contribution is 2.18. The molecule has 0 bridgehead atoms. The average molecular weight is 312 g/mol. The van der Waals surface area contributed by atoms with Crippen molar-refractivity contribution in [1.29, 1.82) is 5.26 Å². The molecule has 1 atom stereocenters. The third-order valence-electron chi connectivity index (χ3n) is 2.43. The van der Waals surface area contributed by atoms with Gasteiger partial charge in [0.25, 0.3) is 0 Å². The predicted octanol–water partition coefficient (Wildman–Crippen LogP) is 2.77. The van der Waals surface area contributed by atoms with Gasteiger partial charge in [0.1, 0.15) is 17.9 Å².